The number of morpholine rings is 1. The van der Waals surface area contributed by atoms with Crippen molar-refractivity contribution in [2.24, 2.45) is 0 Å². The van der Waals surface area contributed by atoms with Crippen LogP contribution >= 0.6 is 0 Å². The van der Waals surface area contributed by atoms with Gasteiger partial charge in [0, 0.05) is 18.7 Å². The van der Waals surface area contributed by atoms with E-state index in [0.717, 1.165) is 12.1 Å². The van der Waals surface area contributed by atoms with Crippen molar-refractivity contribution in [2.45, 2.75) is 30.9 Å². The first-order valence-electron chi connectivity index (χ1n) is 7.59. The van der Waals surface area contributed by atoms with Gasteiger partial charge in [0.25, 0.3) is 5.91 Å². The Balaban J connectivity index is 2.33. The van der Waals surface area contributed by atoms with Gasteiger partial charge in [-0.25, -0.2) is 17.5 Å². The van der Waals surface area contributed by atoms with Gasteiger partial charge in [-0.2, -0.15) is 0 Å². The smallest absolute Gasteiger partial charge is 0.254 e. The van der Waals surface area contributed by atoms with Gasteiger partial charge in [0.15, 0.2) is 0 Å². The van der Waals surface area contributed by atoms with Crippen LogP contribution in [0.15, 0.2) is 35.7 Å². The van der Waals surface area contributed by atoms with Crippen LogP contribution in [0, 0.1) is 5.82 Å². The van der Waals surface area contributed by atoms with Crippen molar-refractivity contribution in [3.05, 3.63) is 42.2 Å². The molecule has 1 heterocycles. The maximum atomic E-state index is 13.9. The highest BCUT2D eigenvalue weighted by Crippen LogP contribution is 2.20. The Morgan fingerprint density at radius 3 is 2.88 bits per heavy atom. The second kappa shape index (κ2) is 7.42. The van der Waals surface area contributed by atoms with Gasteiger partial charge in [-0.3, -0.25) is 4.79 Å². The number of rotatable bonds is 5. The molecule has 132 valence electrons. The number of amides is 1. The van der Waals surface area contributed by atoms with E-state index in [9.17, 15) is 17.6 Å². The summed E-state index contributed by atoms with van der Waals surface area (Å²) in [6, 6.07) is 3.20. The molecule has 1 N–H and O–H groups in total. The molecule has 0 aliphatic carbocycles. The predicted molar refractivity (Wildman–Crippen MR) is 87.7 cm³/mol. The van der Waals surface area contributed by atoms with Crippen LogP contribution in [0.1, 0.15) is 24.2 Å². The molecule has 0 bridgehead atoms. The molecule has 2 atom stereocenters. The van der Waals surface area contributed by atoms with Gasteiger partial charge < -0.3 is 9.64 Å². The van der Waals surface area contributed by atoms with E-state index in [1.807, 2.05) is 13.8 Å². The molecule has 8 heteroatoms. The van der Waals surface area contributed by atoms with Crippen LogP contribution in [0.25, 0.3) is 0 Å². The zero-order valence-corrected chi connectivity index (χ0v) is 14.5. The van der Waals surface area contributed by atoms with Crippen molar-refractivity contribution in [2.75, 3.05) is 19.7 Å². The van der Waals surface area contributed by atoms with E-state index < -0.39 is 20.7 Å². The SMILES string of the molecule is C=CCNS(=O)(=O)c1cc(C(=O)N2CC(C)OCC2C)ccc1F. The number of carbonyl (C=O) groups excluding carboxylic acids is 1. The van der Waals surface area contributed by atoms with E-state index in [1.54, 1.807) is 4.90 Å². The summed E-state index contributed by atoms with van der Waals surface area (Å²) in [6.45, 7) is 7.88. The van der Waals surface area contributed by atoms with Crippen LogP contribution < -0.4 is 4.72 Å². The van der Waals surface area contributed by atoms with Crippen LogP contribution in [0.3, 0.4) is 0 Å². The number of hydrogen-bond donors (Lipinski definition) is 1. The Labute approximate surface area is 141 Å². The highest BCUT2D eigenvalue weighted by Gasteiger charge is 2.29. The first-order chi connectivity index (χ1) is 11.3. The number of nitrogens with zero attached hydrogens (tertiary/aromatic N) is 1. The lowest BCUT2D eigenvalue weighted by Gasteiger charge is -2.36. The van der Waals surface area contributed by atoms with Gasteiger partial charge in [0.2, 0.25) is 10.0 Å². The summed E-state index contributed by atoms with van der Waals surface area (Å²) in [6.07, 6.45) is 1.24. The predicted octanol–water partition coefficient (Wildman–Crippen LogP) is 1.54. The highest BCUT2D eigenvalue weighted by atomic mass is 32.2. The second-order valence-electron chi connectivity index (χ2n) is 5.74. The molecule has 1 aromatic rings. The molecule has 1 saturated heterocycles. The molecule has 2 unspecified atom stereocenters. The molecule has 6 nitrogen and oxygen atoms in total. The molecule has 1 amide bonds. The van der Waals surface area contributed by atoms with Gasteiger partial charge in [-0.1, -0.05) is 6.08 Å². The molecular weight excluding hydrogens is 335 g/mol. The van der Waals surface area contributed by atoms with Gasteiger partial charge in [0.1, 0.15) is 10.7 Å². The molecular formula is C16H21FN2O4S. The normalized spacial score (nSPS) is 21.5. The number of nitrogens with one attached hydrogen (secondary N) is 1. The minimum absolute atomic E-state index is 0.0298. The summed E-state index contributed by atoms with van der Waals surface area (Å²) < 4.78 is 45.9. The van der Waals surface area contributed by atoms with Crippen molar-refractivity contribution in [3.63, 3.8) is 0 Å². The Bertz CT molecular complexity index is 736. The molecule has 0 spiro atoms. The largest absolute Gasteiger partial charge is 0.375 e. The summed E-state index contributed by atoms with van der Waals surface area (Å²) in [7, 11) is -4.06. The van der Waals surface area contributed by atoms with Crippen molar-refractivity contribution in [1.29, 1.82) is 0 Å². The Hall–Kier alpha value is -1.77. The lowest BCUT2D eigenvalue weighted by atomic mass is 10.1. The summed E-state index contributed by atoms with van der Waals surface area (Å²) >= 11 is 0. The molecule has 0 radical (unpaired) electrons. The molecule has 1 fully saturated rings. The summed E-state index contributed by atoms with van der Waals surface area (Å²) in [5, 5.41) is 0. The van der Waals surface area contributed by atoms with Crippen molar-refractivity contribution in [1.82, 2.24) is 9.62 Å². The fourth-order valence-electron chi connectivity index (χ4n) is 2.44. The number of carbonyl (C=O) groups is 1. The molecule has 1 aliphatic rings. The number of ether oxygens (including phenoxy) is 1. The third-order valence-corrected chi connectivity index (χ3v) is 5.19. The minimum atomic E-state index is -4.06. The first-order valence-corrected chi connectivity index (χ1v) is 9.07. The zero-order chi connectivity index (χ0) is 17.9. The van der Waals surface area contributed by atoms with Gasteiger partial charge >= 0.3 is 0 Å². The number of benzene rings is 1. The van der Waals surface area contributed by atoms with E-state index in [0.29, 0.717) is 13.2 Å². The second-order valence-corrected chi connectivity index (χ2v) is 7.47. The van der Waals surface area contributed by atoms with Crippen molar-refractivity contribution < 1.29 is 22.3 Å². The summed E-state index contributed by atoms with van der Waals surface area (Å²) in [4.78, 5) is 13.7. The number of halogens is 1. The monoisotopic (exact) mass is 356 g/mol. The minimum Gasteiger partial charge on any atom is -0.375 e. The lowest BCUT2D eigenvalue weighted by molar-refractivity contribution is -0.0387. The third kappa shape index (κ3) is 4.00. The number of hydrogen-bond acceptors (Lipinski definition) is 4. The fraction of sp³-hybridized carbons (Fsp3) is 0.438. The van der Waals surface area contributed by atoms with Crippen LogP contribution in [0.2, 0.25) is 0 Å². The standard InChI is InChI=1S/C16H21FN2O4S/c1-4-7-18-24(21,22)15-8-13(5-6-14(15)17)16(20)19-9-12(3)23-10-11(19)2/h4-6,8,11-12,18H,1,7,9-10H2,2-3H3. The average Bonchev–Trinajstić information content (AvgIpc) is 2.55. The van der Waals surface area contributed by atoms with Crippen LogP contribution in [0.5, 0.6) is 0 Å². The Kier molecular flexibility index (Phi) is 5.74. The third-order valence-electron chi connectivity index (χ3n) is 3.75. The molecule has 1 aliphatic heterocycles. The van der Waals surface area contributed by atoms with E-state index in [-0.39, 0.29) is 30.2 Å². The lowest BCUT2D eigenvalue weighted by Crippen LogP contribution is -2.50. The van der Waals surface area contributed by atoms with Crippen LogP contribution in [-0.4, -0.2) is 51.1 Å². The molecule has 0 saturated carbocycles. The summed E-state index contributed by atoms with van der Waals surface area (Å²) in [5.74, 6) is -1.26. The highest BCUT2D eigenvalue weighted by molar-refractivity contribution is 7.89. The number of sulfonamides is 1. The molecule has 2 rings (SSSR count). The maximum absolute atomic E-state index is 13.9. The Morgan fingerprint density at radius 2 is 2.21 bits per heavy atom. The first kappa shape index (κ1) is 18.6. The van der Waals surface area contributed by atoms with Crippen LogP contribution in [-0.2, 0) is 14.8 Å². The summed E-state index contributed by atoms with van der Waals surface area (Å²) in [5.41, 5.74) is 0.122. The fourth-order valence-corrected chi connectivity index (χ4v) is 3.54. The van der Waals surface area contributed by atoms with E-state index >= 15 is 0 Å². The Morgan fingerprint density at radius 1 is 1.50 bits per heavy atom. The quantitative estimate of drug-likeness (QED) is 0.812. The molecule has 0 aromatic heterocycles. The molecule has 24 heavy (non-hydrogen) atoms. The van der Waals surface area contributed by atoms with E-state index in [1.165, 1.54) is 12.1 Å². The van der Waals surface area contributed by atoms with Gasteiger partial charge in [0.05, 0.1) is 18.8 Å². The molecule has 1 aromatic carbocycles. The van der Waals surface area contributed by atoms with Gasteiger partial charge in [-0.05, 0) is 32.0 Å². The zero-order valence-electron chi connectivity index (χ0n) is 13.7. The van der Waals surface area contributed by atoms with Crippen molar-refractivity contribution in [3.8, 4) is 0 Å². The maximum Gasteiger partial charge on any atom is 0.254 e. The van der Waals surface area contributed by atoms with Crippen LogP contribution in [0.4, 0.5) is 4.39 Å². The van der Waals surface area contributed by atoms with E-state index in [2.05, 4.69) is 11.3 Å². The van der Waals surface area contributed by atoms with E-state index in [4.69, 9.17) is 4.74 Å². The topological polar surface area (TPSA) is 75.7 Å². The van der Waals surface area contributed by atoms with Crippen molar-refractivity contribution >= 4 is 15.9 Å². The average molecular weight is 356 g/mol. The van der Waals surface area contributed by atoms with Gasteiger partial charge in [-0.15, -0.1) is 6.58 Å².